The molecule has 0 fully saturated rings. The zero-order valence-corrected chi connectivity index (χ0v) is 12.7. The van der Waals surface area contributed by atoms with E-state index in [0.717, 1.165) is 5.56 Å². The van der Waals surface area contributed by atoms with Crippen molar-refractivity contribution in [3.8, 4) is 0 Å². The number of anilines is 2. The van der Waals surface area contributed by atoms with Crippen molar-refractivity contribution in [3.63, 3.8) is 0 Å². The highest BCUT2D eigenvalue weighted by atomic mass is 35.5. The van der Waals surface area contributed by atoms with Gasteiger partial charge < -0.3 is 5.32 Å². The molecule has 0 aliphatic rings. The van der Waals surface area contributed by atoms with Crippen molar-refractivity contribution in [2.24, 2.45) is 5.84 Å². The van der Waals surface area contributed by atoms with Crippen LogP contribution in [0.25, 0.3) is 0 Å². The van der Waals surface area contributed by atoms with Gasteiger partial charge in [-0.25, -0.2) is 19.2 Å². The van der Waals surface area contributed by atoms with Crippen molar-refractivity contribution in [1.29, 1.82) is 0 Å². The molecule has 21 heavy (non-hydrogen) atoms. The number of benzene rings is 1. The van der Waals surface area contributed by atoms with Crippen molar-refractivity contribution in [2.75, 3.05) is 17.0 Å². The number of halogens is 1. The molecule has 7 nitrogen and oxygen atoms in total. The minimum absolute atomic E-state index is 0.245. The zero-order valence-electron chi connectivity index (χ0n) is 11.2. The van der Waals surface area contributed by atoms with E-state index in [9.17, 15) is 8.42 Å². The van der Waals surface area contributed by atoms with Crippen LogP contribution in [0.5, 0.6) is 0 Å². The summed E-state index contributed by atoms with van der Waals surface area (Å²) in [5, 5.41) is 3.40. The van der Waals surface area contributed by atoms with Crippen LogP contribution in [0.2, 0.25) is 5.02 Å². The summed E-state index contributed by atoms with van der Waals surface area (Å²) in [5.41, 5.74) is 3.22. The third-order valence-corrected chi connectivity index (χ3v) is 4.09. The first-order chi connectivity index (χ1) is 9.90. The first kappa shape index (κ1) is 15.5. The Hall–Kier alpha value is -1.90. The topological polar surface area (TPSA) is 110 Å². The Balaban J connectivity index is 2.10. The van der Waals surface area contributed by atoms with Crippen molar-refractivity contribution in [3.05, 3.63) is 41.0 Å². The standard InChI is InChI=1S/C12H14ClN5O2S/c1-21(19,20)9-4-2-8(3-5-9)6-15-11-10(13)7-16-12(17-11)18-14/h2-5,7H,6,14H2,1H3,(H2,15,16,17,18). The normalized spacial score (nSPS) is 11.2. The molecule has 2 rings (SSSR count). The number of hydrazine groups is 1. The lowest BCUT2D eigenvalue weighted by molar-refractivity contribution is 0.602. The van der Waals surface area contributed by atoms with E-state index in [0.29, 0.717) is 17.4 Å². The van der Waals surface area contributed by atoms with Crippen LogP contribution >= 0.6 is 11.6 Å². The maximum Gasteiger partial charge on any atom is 0.239 e. The number of aromatic nitrogens is 2. The zero-order chi connectivity index (χ0) is 15.5. The number of nitrogens with one attached hydrogen (secondary N) is 2. The molecule has 1 aromatic heterocycles. The molecule has 0 amide bonds. The van der Waals surface area contributed by atoms with E-state index in [1.54, 1.807) is 24.3 Å². The Labute approximate surface area is 127 Å². The van der Waals surface area contributed by atoms with E-state index in [4.69, 9.17) is 17.4 Å². The number of nitrogen functional groups attached to an aromatic ring is 1. The van der Waals surface area contributed by atoms with Gasteiger partial charge >= 0.3 is 0 Å². The summed E-state index contributed by atoms with van der Waals surface area (Å²) in [5.74, 6) is 5.91. The van der Waals surface area contributed by atoms with E-state index >= 15 is 0 Å². The largest absolute Gasteiger partial charge is 0.365 e. The van der Waals surface area contributed by atoms with Gasteiger partial charge in [0.15, 0.2) is 15.7 Å². The van der Waals surface area contributed by atoms with Gasteiger partial charge in [0.2, 0.25) is 5.95 Å². The van der Waals surface area contributed by atoms with Gasteiger partial charge in [-0.1, -0.05) is 23.7 Å². The lowest BCUT2D eigenvalue weighted by Crippen LogP contribution is -2.12. The summed E-state index contributed by atoms with van der Waals surface area (Å²) in [6, 6.07) is 6.56. The molecule has 2 aromatic rings. The molecule has 0 saturated carbocycles. The molecule has 1 heterocycles. The summed E-state index contributed by atoms with van der Waals surface area (Å²) < 4.78 is 22.7. The number of rotatable bonds is 5. The van der Waals surface area contributed by atoms with E-state index in [1.165, 1.54) is 12.5 Å². The quantitative estimate of drug-likeness (QED) is 0.563. The average Bonchev–Trinajstić information content (AvgIpc) is 2.46. The van der Waals surface area contributed by atoms with Crippen molar-refractivity contribution < 1.29 is 8.42 Å². The Bertz CT molecular complexity index is 734. The molecule has 0 unspecified atom stereocenters. The molecule has 0 aliphatic carbocycles. The molecule has 0 aliphatic heterocycles. The van der Waals surface area contributed by atoms with Crippen LogP contribution in [0.15, 0.2) is 35.4 Å². The molecule has 9 heteroatoms. The predicted molar refractivity (Wildman–Crippen MR) is 81.7 cm³/mol. The molecular formula is C12H14ClN5O2S. The fourth-order valence-electron chi connectivity index (χ4n) is 1.60. The van der Waals surface area contributed by atoms with Crippen molar-refractivity contribution in [1.82, 2.24) is 9.97 Å². The van der Waals surface area contributed by atoms with Gasteiger partial charge in [0.1, 0.15) is 5.02 Å². The van der Waals surface area contributed by atoms with Crippen molar-refractivity contribution in [2.45, 2.75) is 11.4 Å². The number of nitrogens with zero attached hydrogens (tertiary/aromatic N) is 2. The van der Waals surface area contributed by atoms with Crippen LogP contribution in [0.4, 0.5) is 11.8 Å². The molecule has 0 atom stereocenters. The molecule has 1 aromatic carbocycles. The summed E-state index contributed by atoms with van der Waals surface area (Å²) >= 11 is 5.97. The second-order valence-corrected chi connectivity index (χ2v) is 6.73. The van der Waals surface area contributed by atoms with E-state index in [1.807, 2.05) is 0 Å². The van der Waals surface area contributed by atoms with Gasteiger partial charge in [-0.3, -0.25) is 5.43 Å². The molecule has 112 valence electrons. The van der Waals surface area contributed by atoms with E-state index in [-0.39, 0.29) is 10.8 Å². The van der Waals surface area contributed by atoms with Gasteiger partial charge in [0.25, 0.3) is 0 Å². The third kappa shape index (κ3) is 4.03. The summed E-state index contributed by atoms with van der Waals surface area (Å²) in [7, 11) is -3.19. The Morgan fingerprint density at radius 2 is 1.95 bits per heavy atom. The number of nitrogens with two attached hydrogens (primary N) is 1. The second kappa shape index (κ2) is 6.25. The van der Waals surface area contributed by atoms with Gasteiger partial charge in [0, 0.05) is 12.8 Å². The van der Waals surface area contributed by atoms with E-state index in [2.05, 4.69) is 20.7 Å². The van der Waals surface area contributed by atoms with Crippen LogP contribution in [0.1, 0.15) is 5.56 Å². The fourth-order valence-corrected chi connectivity index (χ4v) is 2.39. The molecule has 0 spiro atoms. The second-order valence-electron chi connectivity index (χ2n) is 4.30. The summed E-state index contributed by atoms with van der Waals surface area (Å²) in [6.45, 7) is 0.435. The van der Waals surface area contributed by atoms with Gasteiger partial charge in [0.05, 0.1) is 11.1 Å². The lowest BCUT2D eigenvalue weighted by Gasteiger charge is -2.09. The Morgan fingerprint density at radius 1 is 1.29 bits per heavy atom. The van der Waals surface area contributed by atoms with Gasteiger partial charge in [-0.05, 0) is 17.7 Å². The highest BCUT2D eigenvalue weighted by Crippen LogP contribution is 2.20. The molecule has 0 radical (unpaired) electrons. The number of sulfone groups is 1. The fraction of sp³-hybridized carbons (Fsp3) is 0.167. The van der Waals surface area contributed by atoms with Crippen LogP contribution in [-0.2, 0) is 16.4 Å². The highest BCUT2D eigenvalue weighted by molar-refractivity contribution is 7.90. The lowest BCUT2D eigenvalue weighted by atomic mass is 10.2. The minimum Gasteiger partial charge on any atom is -0.365 e. The van der Waals surface area contributed by atoms with Gasteiger partial charge in [-0.15, -0.1) is 0 Å². The predicted octanol–water partition coefficient (Wildman–Crippen LogP) is 1.43. The Morgan fingerprint density at radius 3 is 2.52 bits per heavy atom. The maximum atomic E-state index is 11.4. The first-order valence-corrected chi connectivity index (χ1v) is 8.19. The SMILES string of the molecule is CS(=O)(=O)c1ccc(CNc2nc(NN)ncc2Cl)cc1. The number of hydrogen-bond donors (Lipinski definition) is 3. The molecule has 0 saturated heterocycles. The first-order valence-electron chi connectivity index (χ1n) is 5.92. The number of hydrogen-bond acceptors (Lipinski definition) is 7. The summed E-state index contributed by atoms with van der Waals surface area (Å²) in [6.07, 6.45) is 2.60. The van der Waals surface area contributed by atoms with Crippen molar-refractivity contribution >= 4 is 33.2 Å². The van der Waals surface area contributed by atoms with Crippen LogP contribution in [0, 0.1) is 0 Å². The monoisotopic (exact) mass is 327 g/mol. The highest BCUT2D eigenvalue weighted by Gasteiger charge is 2.07. The average molecular weight is 328 g/mol. The van der Waals surface area contributed by atoms with E-state index < -0.39 is 9.84 Å². The third-order valence-electron chi connectivity index (χ3n) is 2.68. The maximum absolute atomic E-state index is 11.4. The smallest absolute Gasteiger partial charge is 0.239 e. The van der Waals surface area contributed by atoms with Crippen LogP contribution in [-0.4, -0.2) is 24.6 Å². The molecule has 4 N–H and O–H groups in total. The Kier molecular flexibility index (Phi) is 4.61. The summed E-state index contributed by atoms with van der Waals surface area (Å²) in [4.78, 5) is 8.22. The molecular weight excluding hydrogens is 314 g/mol. The van der Waals surface area contributed by atoms with Gasteiger partial charge in [-0.2, -0.15) is 4.98 Å². The van der Waals surface area contributed by atoms with Crippen LogP contribution in [0.3, 0.4) is 0 Å². The van der Waals surface area contributed by atoms with Crippen LogP contribution < -0.4 is 16.6 Å². The minimum atomic E-state index is -3.19. The molecule has 0 bridgehead atoms.